The summed E-state index contributed by atoms with van der Waals surface area (Å²) in [5.74, 6) is 7.86. The van der Waals surface area contributed by atoms with Crippen molar-refractivity contribution >= 4 is 28.7 Å². The first-order valence-electron chi connectivity index (χ1n) is 8.43. The number of hydrogen-bond acceptors (Lipinski definition) is 8. The summed E-state index contributed by atoms with van der Waals surface area (Å²) < 4.78 is 16.2. The molecule has 1 aromatic carbocycles. The van der Waals surface area contributed by atoms with Crippen molar-refractivity contribution in [2.45, 2.75) is 12.0 Å². The third kappa shape index (κ3) is 4.00. The van der Waals surface area contributed by atoms with Crippen LogP contribution in [0.3, 0.4) is 0 Å². The number of benzene rings is 1. The first kappa shape index (κ1) is 18.1. The minimum absolute atomic E-state index is 0.290. The molecule has 4 rings (SSSR count). The first-order chi connectivity index (χ1) is 13.7. The second-order valence-corrected chi connectivity index (χ2v) is 6.77. The molecule has 0 amide bonds. The fourth-order valence-corrected chi connectivity index (χ4v) is 3.28. The molecule has 1 aromatic heterocycles. The van der Waals surface area contributed by atoms with Crippen molar-refractivity contribution < 1.29 is 14.2 Å². The number of pyridine rings is 1. The average Bonchev–Trinajstić information content (AvgIpc) is 3.30. The quantitative estimate of drug-likeness (QED) is 0.748. The summed E-state index contributed by atoms with van der Waals surface area (Å²) in [6.07, 6.45) is 1.61. The van der Waals surface area contributed by atoms with Crippen LogP contribution in [0.15, 0.2) is 57.6 Å². The second kappa shape index (κ2) is 8.15. The zero-order chi connectivity index (χ0) is 19.3. The maximum atomic E-state index is 5.93. The van der Waals surface area contributed by atoms with E-state index in [0.29, 0.717) is 35.7 Å². The lowest BCUT2D eigenvalue weighted by atomic mass is 10.2. The van der Waals surface area contributed by atoms with Gasteiger partial charge in [0, 0.05) is 6.07 Å². The molecule has 3 heterocycles. The molecule has 0 saturated heterocycles. The lowest BCUT2D eigenvalue weighted by Gasteiger charge is -2.09. The lowest BCUT2D eigenvalue weighted by molar-refractivity contribution is 0.301. The molecule has 2 aliphatic heterocycles. The summed E-state index contributed by atoms with van der Waals surface area (Å²) in [4.78, 5) is 17.2. The van der Waals surface area contributed by atoms with E-state index in [1.165, 1.54) is 18.9 Å². The van der Waals surface area contributed by atoms with Gasteiger partial charge in [0.25, 0.3) is 0 Å². The van der Waals surface area contributed by atoms with Crippen molar-refractivity contribution in [2.24, 2.45) is 15.0 Å². The third-order valence-corrected chi connectivity index (χ3v) is 4.79. The molecule has 0 saturated carbocycles. The molecule has 28 heavy (non-hydrogen) atoms. The minimum Gasteiger partial charge on any atom is -0.495 e. The molecule has 0 aliphatic carbocycles. The van der Waals surface area contributed by atoms with E-state index in [-0.39, 0.29) is 5.37 Å². The van der Waals surface area contributed by atoms with Crippen molar-refractivity contribution in [3.8, 4) is 23.3 Å². The number of methoxy groups -OCH3 is 2. The Morgan fingerprint density at radius 1 is 1.11 bits per heavy atom. The summed E-state index contributed by atoms with van der Waals surface area (Å²) in [7, 11) is 3.11. The molecule has 1 unspecified atom stereocenters. The Bertz CT molecular complexity index is 1040. The van der Waals surface area contributed by atoms with Gasteiger partial charge in [-0.05, 0) is 11.5 Å². The van der Waals surface area contributed by atoms with Crippen LogP contribution in [0.4, 0.5) is 0 Å². The van der Waals surface area contributed by atoms with Gasteiger partial charge in [-0.25, -0.2) is 9.98 Å². The molecule has 0 radical (unpaired) electrons. The fraction of sp³-hybridized carbons (Fsp3) is 0.200. The largest absolute Gasteiger partial charge is 0.495 e. The number of hydrogen-bond donors (Lipinski definition) is 0. The second-order valence-electron chi connectivity index (χ2n) is 5.70. The van der Waals surface area contributed by atoms with Gasteiger partial charge in [-0.2, -0.15) is 9.98 Å². The SMILES string of the molecule is COC1=NC2=NC(C#Cc3ncc(OC)cc3OCc3ccccc3)SC2=N1. The van der Waals surface area contributed by atoms with Gasteiger partial charge in [-0.15, -0.1) is 0 Å². The van der Waals surface area contributed by atoms with Crippen LogP contribution in [0.2, 0.25) is 0 Å². The predicted molar refractivity (Wildman–Crippen MR) is 109 cm³/mol. The normalized spacial score (nSPS) is 16.9. The van der Waals surface area contributed by atoms with Crippen molar-refractivity contribution in [2.75, 3.05) is 14.2 Å². The first-order valence-corrected chi connectivity index (χ1v) is 9.31. The number of aliphatic imine (C=N–C) groups is 3. The highest BCUT2D eigenvalue weighted by Crippen LogP contribution is 2.27. The summed E-state index contributed by atoms with van der Waals surface area (Å²) in [5.41, 5.74) is 1.58. The molecule has 0 spiro atoms. The van der Waals surface area contributed by atoms with E-state index in [9.17, 15) is 0 Å². The van der Waals surface area contributed by atoms with Gasteiger partial charge in [0.15, 0.2) is 22.7 Å². The van der Waals surface area contributed by atoms with E-state index in [0.717, 1.165) is 10.6 Å². The number of thioether (sulfide) groups is 1. The highest BCUT2D eigenvalue weighted by Gasteiger charge is 2.29. The third-order valence-electron chi connectivity index (χ3n) is 3.85. The van der Waals surface area contributed by atoms with Gasteiger partial charge in [0.05, 0.1) is 20.4 Å². The van der Waals surface area contributed by atoms with Gasteiger partial charge in [-0.1, -0.05) is 48.0 Å². The number of fused-ring (bicyclic) bond motifs is 1. The van der Waals surface area contributed by atoms with Crippen LogP contribution in [0, 0.1) is 11.8 Å². The summed E-state index contributed by atoms with van der Waals surface area (Å²) >= 11 is 1.43. The predicted octanol–water partition coefficient (Wildman–Crippen LogP) is 2.91. The van der Waals surface area contributed by atoms with E-state index >= 15 is 0 Å². The van der Waals surface area contributed by atoms with Crippen molar-refractivity contribution in [3.05, 3.63) is 53.9 Å². The van der Waals surface area contributed by atoms with Crippen molar-refractivity contribution in [1.82, 2.24) is 4.98 Å². The topological polar surface area (TPSA) is 77.7 Å². The number of ether oxygens (including phenoxy) is 3. The van der Waals surface area contributed by atoms with E-state index in [2.05, 4.69) is 31.8 Å². The van der Waals surface area contributed by atoms with E-state index < -0.39 is 0 Å². The standard InChI is InChI=1S/C20H16N4O3S/c1-25-14-10-16(27-12-13-6-4-3-5-7-13)15(21-11-14)8-9-17-22-18-19(28-17)24-20(23-18)26-2/h3-7,10-11,17H,12H2,1-2H3. The van der Waals surface area contributed by atoms with E-state index in [1.807, 2.05) is 30.3 Å². The summed E-state index contributed by atoms with van der Waals surface area (Å²) in [5, 5.41) is 0.432. The monoisotopic (exact) mass is 392 g/mol. The molecule has 7 nitrogen and oxygen atoms in total. The Hall–Kier alpha value is -3.31. The molecule has 2 aliphatic rings. The Morgan fingerprint density at radius 3 is 2.71 bits per heavy atom. The molecule has 0 fully saturated rings. The molecular weight excluding hydrogens is 376 g/mol. The molecule has 2 aromatic rings. The molecular formula is C20H16N4O3S. The maximum absolute atomic E-state index is 5.93. The highest BCUT2D eigenvalue weighted by molar-refractivity contribution is 8.17. The Labute approximate surface area is 166 Å². The molecule has 8 heteroatoms. The Kier molecular flexibility index (Phi) is 5.26. The maximum Gasteiger partial charge on any atom is 0.319 e. The fourth-order valence-electron chi connectivity index (χ4n) is 2.47. The molecule has 0 N–H and O–H groups in total. The number of aromatic nitrogens is 1. The van der Waals surface area contributed by atoms with Crippen LogP contribution in [0.25, 0.3) is 0 Å². The smallest absolute Gasteiger partial charge is 0.319 e. The zero-order valence-corrected chi connectivity index (χ0v) is 16.1. The molecule has 0 bridgehead atoms. The van der Waals surface area contributed by atoms with Gasteiger partial charge in [-0.3, -0.25) is 0 Å². The Balaban J connectivity index is 1.52. The van der Waals surface area contributed by atoms with Crippen LogP contribution >= 0.6 is 11.8 Å². The van der Waals surface area contributed by atoms with Crippen LogP contribution < -0.4 is 9.47 Å². The van der Waals surface area contributed by atoms with Crippen molar-refractivity contribution in [1.29, 1.82) is 0 Å². The van der Waals surface area contributed by atoms with Gasteiger partial charge in [0.2, 0.25) is 0 Å². The van der Waals surface area contributed by atoms with Crippen LogP contribution in [-0.2, 0) is 11.3 Å². The lowest BCUT2D eigenvalue weighted by Crippen LogP contribution is -2.00. The van der Waals surface area contributed by atoms with E-state index in [4.69, 9.17) is 14.2 Å². The summed E-state index contributed by atoms with van der Waals surface area (Å²) in [6.45, 7) is 0.413. The van der Waals surface area contributed by atoms with Crippen LogP contribution in [-0.4, -0.2) is 41.5 Å². The van der Waals surface area contributed by atoms with Gasteiger partial charge >= 0.3 is 6.02 Å². The molecule has 1 atom stereocenters. The van der Waals surface area contributed by atoms with Crippen molar-refractivity contribution in [3.63, 3.8) is 0 Å². The van der Waals surface area contributed by atoms with Crippen LogP contribution in [0.1, 0.15) is 11.3 Å². The highest BCUT2D eigenvalue weighted by atomic mass is 32.2. The number of amidine groups is 2. The van der Waals surface area contributed by atoms with Gasteiger partial charge in [0.1, 0.15) is 17.4 Å². The zero-order valence-electron chi connectivity index (χ0n) is 15.2. The average molecular weight is 392 g/mol. The number of rotatable bonds is 4. The Morgan fingerprint density at radius 2 is 1.96 bits per heavy atom. The van der Waals surface area contributed by atoms with Crippen LogP contribution in [0.5, 0.6) is 11.5 Å². The molecule has 140 valence electrons. The van der Waals surface area contributed by atoms with Gasteiger partial charge < -0.3 is 14.2 Å². The number of nitrogens with zero attached hydrogens (tertiary/aromatic N) is 4. The minimum atomic E-state index is -0.290. The summed E-state index contributed by atoms with van der Waals surface area (Å²) in [6, 6.07) is 12.0. The van der Waals surface area contributed by atoms with E-state index in [1.54, 1.807) is 19.4 Å².